The first-order chi connectivity index (χ1) is 29.3. The van der Waals surface area contributed by atoms with Crippen LogP contribution in [-0.4, -0.2) is 65.7 Å². The van der Waals surface area contributed by atoms with Gasteiger partial charge in [0.1, 0.15) is 12.2 Å². The number of allylic oxidation sites excluding steroid dienone is 4. The highest BCUT2D eigenvalue weighted by Gasteiger charge is 2.27. The van der Waals surface area contributed by atoms with E-state index >= 15 is 0 Å². The van der Waals surface area contributed by atoms with Gasteiger partial charge in [0, 0.05) is 12.8 Å². The SMILES string of the molecule is CCC/C=C\C/C=C\CCCCCCCC(=O)OC(CO)COP(=O)(O)OCC(CO)OC(=O)CCCCCCCCCCCCCCCCCCCCCCCCCC. The molecule has 0 aromatic rings. The highest BCUT2D eigenvalue weighted by atomic mass is 31.2. The van der Waals surface area contributed by atoms with Crippen LogP contribution in [-0.2, 0) is 32.7 Å². The molecule has 354 valence electrons. The van der Waals surface area contributed by atoms with E-state index in [1.807, 2.05) is 0 Å². The van der Waals surface area contributed by atoms with Gasteiger partial charge in [-0.2, -0.15) is 0 Å². The molecular formula is C49H93O10P. The fraction of sp³-hybridized carbons (Fsp3) is 0.878. The molecule has 0 aliphatic rings. The summed E-state index contributed by atoms with van der Waals surface area (Å²) in [5.74, 6) is -1.02. The van der Waals surface area contributed by atoms with E-state index in [1.165, 1.54) is 135 Å². The van der Waals surface area contributed by atoms with Crippen LogP contribution in [0.4, 0.5) is 0 Å². The predicted octanol–water partition coefficient (Wildman–Crippen LogP) is 13.7. The third-order valence-corrected chi connectivity index (χ3v) is 11.8. The summed E-state index contributed by atoms with van der Waals surface area (Å²) in [7, 11) is -4.64. The van der Waals surface area contributed by atoms with Gasteiger partial charge in [0.25, 0.3) is 0 Å². The number of hydrogen-bond acceptors (Lipinski definition) is 9. The quantitative estimate of drug-likeness (QED) is 0.0233. The third kappa shape index (κ3) is 43.1. The van der Waals surface area contributed by atoms with Gasteiger partial charge < -0.3 is 24.6 Å². The summed E-state index contributed by atoms with van der Waals surface area (Å²) in [6.45, 7) is 2.16. The second-order valence-corrected chi connectivity index (χ2v) is 18.3. The highest BCUT2D eigenvalue weighted by molar-refractivity contribution is 7.47. The van der Waals surface area contributed by atoms with Crippen molar-refractivity contribution in [2.24, 2.45) is 0 Å². The fourth-order valence-electron chi connectivity index (χ4n) is 7.10. The van der Waals surface area contributed by atoms with Crippen molar-refractivity contribution < 1.29 is 47.8 Å². The molecule has 0 rings (SSSR count). The molecule has 60 heavy (non-hydrogen) atoms. The third-order valence-electron chi connectivity index (χ3n) is 10.9. The van der Waals surface area contributed by atoms with Gasteiger partial charge in [-0.25, -0.2) is 4.57 Å². The predicted molar refractivity (Wildman–Crippen MR) is 247 cm³/mol. The summed E-state index contributed by atoms with van der Waals surface area (Å²) in [6.07, 6.45) is 47.4. The number of esters is 2. The van der Waals surface area contributed by atoms with E-state index in [9.17, 15) is 29.3 Å². The molecule has 0 heterocycles. The maximum atomic E-state index is 12.4. The van der Waals surface area contributed by atoms with E-state index in [2.05, 4.69) is 38.2 Å². The lowest BCUT2D eigenvalue weighted by Gasteiger charge is -2.20. The summed E-state index contributed by atoms with van der Waals surface area (Å²) in [5.41, 5.74) is 0. The minimum atomic E-state index is -4.64. The fourth-order valence-corrected chi connectivity index (χ4v) is 7.88. The normalized spacial score (nSPS) is 13.9. The van der Waals surface area contributed by atoms with Crippen LogP contribution < -0.4 is 0 Å². The van der Waals surface area contributed by atoms with E-state index < -0.39 is 58.4 Å². The lowest BCUT2D eigenvalue weighted by molar-refractivity contribution is -0.153. The molecule has 3 N–H and O–H groups in total. The zero-order chi connectivity index (χ0) is 44.0. The lowest BCUT2D eigenvalue weighted by Crippen LogP contribution is -2.28. The zero-order valence-corrected chi connectivity index (χ0v) is 39.6. The molecule has 0 radical (unpaired) electrons. The number of carbonyl (C=O) groups excluding carboxylic acids is 2. The van der Waals surface area contributed by atoms with Crippen molar-refractivity contribution in [3.63, 3.8) is 0 Å². The lowest BCUT2D eigenvalue weighted by atomic mass is 10.0. The Morgan fingerprint density at radius 2 is 0.767 bits per heavy atom. The van der Waals surface area contributed by atoms with Crippen LogP contribution in [0.1, 0.15) is 239 Å². The molecule has 0 spiro atoms. The first-order valence-corrected chi connectivity index (χ1v) is 26.3. The average Bonchev–Trinajstić information content (AvgIpc) is 3.24. The number of carbonyl (C=O) groups is 2. The van der Waals surface area contributed by atoms with Crippen LogP contribution in [0.25, 0.3) is 0 Å². The molecule has 0 aliphatic carbocycles. The molecule has 0 saturated heterocycles. The monoisotopic (exact) mass is 873 g/mol. The number of phosphoric acid groups is 1. The van der Waals surface area contributed by atoms with E-state index in [4.69, 9.17) is 18.5 Å². The van der Waals surface area contributed by atoms with Crippen molar-refractivity contribution in [3.8, 4) is 0 Å². The average molecular weight is 873 g/mol. The smallest absolute Gasteiger partial charge is 0.457 e. The van der Waals surface area contributed by atoms with Crippen molar-refractivity contribution in [3.05, 3.63) is 24.3 Å². The van der Waals surface area contributed by atoms with Crippen molar-refractivity contribution >= 4 is 19.8 Å². The first-order valence-electron chi connectivity index (χ1n) is 24.8. The molecular weight excluding hydrogens is 780 g/mol. The van der Waals surface area contributed by atoms with Crippen LogP contribution in [0.2, 0.25) is 0 Å². The maximum absolute atomic E-state index is 12.4. The second kappa shape index (κ2) is 45.5. The van der Waals surface area contributed by atoms with Crippen molar-refractivity contribution in [1.29, 1.82) is 0 Å². The number of aliphatic hydroxyl groups excluding tert-OH is 2. The Labute approximate surface area is 368 Å². The molecule has 3 unspecified atom stereocenters. The first kappa shape index (κ1) is 58.5. The summed E-state index contributed by atoms with van der Waals surface area (Å²) in [4.78, 5) is 34.6. The standard InChI is InChI=1S/C49H93O10P/c1-3-5-7-9-11-13-15-17-18-19-20-21-22-23-24-25-26-27-29-31-33-35-37-39-41-49(53)59-47(43-51)45-57-60(54,55)56-44-46(42-50)58-48(52)40-38-36-34-32-30-28-16-14-12-10-8-6-4-2/h8,10,14,16,46-47,50-51H,3-7,9,11-13,15,17-45H2,1-2H3,(H,54,55)/b10-8-,16-14-. The minimum absolute atomic E-state index is 0.178. The van der Waals surface area contributed by atoms with E-state index in [1.54, 1.807) is 0 Å². The Bertz CT molecular complexity index is 1050. The Morgan fingerprint density at radius 3 is 1.10 bits per heavy atom. The number of unbranched alkanes of at least 4 members (excludes halogenated alkanes) is 29. The number of aliphatic hydroxyl groups is 2. The van der Waals surface area contributed by atoms with Gasteiger partial charge in [0.15, 0.2) is 0 Å². The summed E-state index contributed by atoms with van der Waals surface area (Å²) in [6, 6.07) is 0. The van der Waals surface area contributed by atoms with Gasteiger partial charge in [-0.15, -0.1) is 0 Å². The van der Waals surface area contributed by atoms with E-state index in [0.29, 0.717) is 12.8 Å². The Balaban J connectivity index is 3.78. The molecule has 0 bridgehead atoms. The van der Waals surface area contributed by atoms with E-state index in [-0.39, 0.29) is 12.8 Å². The van der Waals surface area contributed by atoms with Gasteiger partial charge in [0.05, 0.1) is 26.4 Å². The number of rotatable bonds is 47. The molecule has 0 amide bonds. The van der Waals surface area contributed by atoms with Gasteiger partial charge >= 0.3 is 19.8 Å². The van der Waals surface area contributed by atoms with Crippen LogP contribution >= 0.6 is 7.82 Å². The van der Waals surface area contributed by atoms with Crippen molar-refractivity contribution in [2.75, 3.05) is 26.4 Å². The van der Waals surface area contributed by atoms with Crippen LogP contribution in [0.15, 0.2) is 24.3 Å². The van der Waals surface area contributed by atoms with Crippen LogP contribution in [0, 0.1) is 0 Å². The largest absolute Gasteiger partial charge is 0.472 e. The number of hydrogen-bond donors (Lipinski definition) is 3. The summed E-state index contributed by atoms with van der Waals surface area (Å²) >= 11 is 0. The molecule has 10 nitrogen and oxygen atoms in total. The summed E-state index contributed by atoms with van der Waals surface area (Å²) < 4.78 is 32.6. The highest BCUT2D eigenvalue weighted by Crippen LogP contribution is 2.43. The van der Waals surface area contributed by atoms with Gasteiger partial charge in [-0.1, -0.05) is 212 Å². The van der Waals surface area contributed by atoms with Gasteiger partial charge in [-0.05, 0) is 38.5 Å². The van der Waals surface area contributed by atoms with Gasteiger partial charge in [0.2, 0.25) is 0 Å². The van der Waals surface area contributed by atoms with Crippen LogP contribution in [0.5, 0.6) is 0 Å². The van der Waals surface area contributed by atoms with Gasteiger partial charge in [-0.3, -0.25) is 18.6 Å². The molecule has 0 saturated carbocycles. The molecule has 3 atom stereocenters. The van der Waals surface area contributed by atoms with Crippen molar-refractivity contribution in [2.45, 2.75) is 251 Å². The minimum Gasteiger partial charge on any atom is -0.457 e. The molecule has 0 aromatic heterocycles. The zero-order valence-electron chi connectivity index (χ0n) is 38.7. The van der Waals surface area contributed by atoms with Crippen LogP contribution in [0.3, 0.4) is 0 Å². The van der Waals surface area contributed by atoms with E-state index in [0.717, 1.165) is 64.2 Å². The number of phosphoric ester groups is 1. The number of ether oxygens (including phenoxy) is 2. The molecule has 0 aliphatic heterocycles. The Morgan fingerprint density at radius 1 is 0.450 bits per heavy atom. The Kier molecular flexibility index (Phi) is 44.3. The molecule has 0 fully saturated rings. The van der Waals surface area contributed by atoms with Crippen molar-refractivity contribution in [1.82, 2.24) is 0 Å². The topological polar surface area (TPSA) is 149 Å². The Hall–Kier alpha value is -1.55. The second-order valence-electron chi connectivity index (χ2n) is 16.8. The molecule has 0 aromatic carbocycles. The summed E-state index contributed by atoms with van der Waals surface area (Å²) in [5, 5.41) is 19.2. The molecule has 11 heteroatoms. The maximum Gasteiger partial charge on any atom is 0.472 e.